The molecule has 0 aliphatic heterocycles. The number of nitrogens with zero attached hydrogens (tertiary/aromatic N) is 1. The number of benzene rings is 2. The molecule has 1 N–H and O–H groups in total. The first-order valence-corrected chi connectivity index (χ1v) is 10.6. The van der Waals surface area contributed by atoms with Gasteiger partial charge in [0.2, 0.25) is 0 Å². The van der Waals surface area contributed by atoms with Gasteiger partial charge >= 0.3 is 0 Å². The molecule has 2 aliphatic carbocycles. The summed E-state index contributed by atoms with van der Waals surface area (Å²) in [6, 6.07) is 15.7. The van der Waals surface area contributed by atoms with Crippen LogP contribution < -0.4 is 10.1 Å². The highest BCUT2D eigenvalue weighted by atomic mass is 16.5. The summed E-state index contributed by atoms with van der Waals surface area (Å²) in [4.78, 5) is 27.3. The fourth-order valence-corrected chi connectivity index (χ4v) is 3.31. The van der Waals surface area contributed by atoms with E-state index in [-0.39, 0.29) is 11.8 Å². The zero-order chi connectivity index (χ0) is 20.2. The Morgan fingerprint density at radius 1 is 1.03 bits per heavy atom. The number of ether oxygens (including phenoxy) is 1. The Bertz CT molecular complexity index is 870. The summed E-state index contributed by atoms with van der Waals surface area (Å²) in [6.45, 7) is 3.25. The minimum atomic E-state index is -0.0157. The Hall–Kier alpha value is -2.82. The number of carbonyl (C=O) groups excluding carboxylic acids is 2. The molecule has 2 aromatic carbocycles. The molecule has 2 aliphatic rings. The molecular formula is C24H28N2O3. The van der Waals surface area contributed by atoms with E-state index in [0.717, 1.165) is 43.4 Å². The van der Waals surface area contributed by atoms with Crippen molar-refractivity contribution in [3.05, 3.63) is 65.2 Å². The van der Waals surface area contributed by atoms with Crippen LogP contribution in [0.15, 0.2) is 48.5 Å². The quantitative estimate of drug-likeness (QED) is 0.697. The van der Waals surface area contributed by atoms with Crippen LogP contribution in [0.1, 0.15) is 65.3 Å². The third-order valence-corrected chi connectivity index (χ3v) is 5.28. The van der Waals surface area contributed by atoms with E-state index in [2.05, 4.69) is 12.2 Å². The van der Waals surface area contributed by atoms with Crippen molar-refractivity contribution in [2.75, 3.05) is 6.61 Å². The minimum Gasteiger partial charge on any atom is -0.494 e. The van der Waals surface area contributed by atoms with Gasteiger partial charge in [0.25, 0.3) is 11.8 Å². The van der Waals surface area contributed by atoms with Gasteiger partial charge < -0.3 is 15.0 Å². The third-order valence-electron chi connectivity index (χ3n) is 5.28. The van der Waals surface area contributed by atoms with E-state index in [0.29, 0.717) is 36.4 Å². The monoisotopic (exact) mass is 392 g/mol. The van der Waals surface area contributed by atoms with Crippen molar-refractivity contribution < 1.29 is 14.3 Å². The molecule has 0 bridgehead atoms. The van der Waals surface area contributed by atoms with Gasteiger partial charge in [-0.3, -0.25) is 9.59 Å². The number of hydrogen-bond donors (Lipinski definition) is 1. The van der Waals surface area contributed by atoms with Crippen LogP contribution in [0.5, 0.6) is 5.75 Å². The van der Waals surface area contributed by atoms with E-state index in [1.807, 2.05) is 53.4 Å². The maximum absolute atomic E-state index is 13.2. The number of nitrogens with one attached hydrogen (secondary N) is 1. The Morgan fingerprint density at radius 3 is 2.45 bits per heavy atom. The summed E-state index contributed by atoms with van der Waals surface area (Å²) in [7, 11) is 0. The summed E-state index contributed by atoms with van der Waals surface area (Å²) in [5, 5.41) is 3.00. The average Bonchev–Trinajstić information content (AvgIpc) is 3.65. The largest absolute Gasteiger partial charge is 0.494 e. The molecule has 2 amide bonds. The van der Waals surface area contributed by atoms with Gasteiger partial charge in [0.1, 0.15) is 5.75 Å². The molecule has 0 saturated heterocycles. The highest BCUT2D eigenvalue weighted by molar-refractivity contribution is 5.95. The van der Waals surface area contributed by atoms with E-state index < -0.39 is 0 Å². The molecule has 152 valence electrons. The topological polar surface area (TPSA) is 58.6 Å². The molecular weight excluding hydrogens is 364 g/mol. The molecule has 2 saturated carbocycles. The number of amides is 2. The van der Waals surface area contributed by atoms with Gasteiger partial charge in [-0.15, -0.1) is 0 Å². The Kier molecular flexibility index (Phi) is 5.84. The highest BCUT2D eigenvalue weighted by Gasteiger charge is 2.33. The van der Waals surface area contributed by atoms with Crippen molar-refractivity contribution in [3.8, 4) is 5.75 Å². The SMILES string of the molecule is CCCOc1cccc(C(=O)N(Cc2ccc(C(=O)NC3CC3)cc2)C2CC2)c1. The maximum Gasteiger partial charge on any atom is 0.254 e. The van der Waals surface area contributed by atoms with Crippen LogP contribution in [0.3, 0.4) is 0 Å². The van der Waals surface area contributed by atoms with Crippen LogP contribution in [0.25, 0.3) is 0 Å². The van der Waals surface area contributed by atoms with Crippen LogP contribution in [0.4, 0.5) is 0 Å². The lowest BCUT2D eigenvalue weighted by atomic mass is 10.1. The average molecular weight is 392 g/mol. The van der Waals surface area contributed by atoms with E-state index in [1.165, 1.54) is 0 Å². The van der Waals surface area contributed by atoms with Crippen LogP contribution in [-0.2, 0) is 6.54 Å². The summed E-state index contributed by atoms with van der Waals surface area (Å²) >= 11 is 0. The normalized spacial score (nSPS) is 15.6. The highest BCUT2D eigenvalue weighted by Crippen LogP contribution is 2.30. The number of rotatable bonds is 9. The van der Waals surface area contributed by atoms with Gasteiger partial charge in [-0.05, 0) is 68.0 Å². The number of hydrogen-bond acceptors (Lipinski definition) is 3. The minimum absolute atomic E-state index is 0.0157. The van der Waals surface area contributed by atoms with Gasteiger partial charge in [0.15, 0.2) is 0 Å². The van der Waals surface area contributed by atoms with Crippen LogP contribution in [0, 0.1) is 0 Å². The second kappa shape index (κ2) is 8.68. The van der Waals surface area contributed by atoms with Crippen molar-refractivity contribution in [3.63, 3.8) is 0 Å². The lowest BCUT2D eigenvalue weighted by Gasteiger charge is -2.23. The van der Waals surface area contributed by atoms with E-state index in [4.69, 9.17) is 4.74 Å². The molecule has 4 rings (SSSR count). The summed E-state index contributed by atoms with van der Waals surface area (Å²) in [5.74, 6) is 0.752. The third kappa shape index (κ3) is 5.17. The molecule has 0 spiro atoms. The first-order chi connectivity index (χ1) is 14.1. The van der Waals surface area contributed by atoms with Gasteiger partial charge in [-0.2, -0.15) is 0 Å². The summed E-state index contributed by atoms with van der Waals surface area (Å²) in [6.07, 6.45) is 5.17. The lowest BCUT2D eigenvalue weighted by Crippen LogP contribution is -2.32. The predicted octanol–water partition coefficient (Wildman–Crippen LogP) is 4.17. The van der Waals surface area contributed by atoms with E-state index >= 15 is 0 Å². The van der Waals surface area contributed by atoms with Crippen molar-refractivity contribution in [2.24, 2.45) is 0 Å². The second-order valence-corrected chi connectivity index (χ2v) is 7.99. The molecule has 5 heteroatoms. The molecule has 5 nitrogen and oxygen atoms in total. The van der Waals surface area contributed by atoms with E-state index in [1.54, 1.807) is 0 Å². The predicted molar refractivity (Wildman–Crippen MR) is 112 cm³/mol. The maximum atomic E-state index is 13.2. The van der Waals surface area contributed by atoms with Crippen molar-refractivity contribution >= 4 is 11.8 Å². The van der Waals surface area contributed by atoms with Crippen LogP contribution in [-0.4, -0.2) is 35.4 Å². The zero-order valence-corrected chi connectivity index (χ0v) is 16.9. The van der Waals surface area contributed by atoms with Gasteiger partial charge in [-0.25, -0.2) is 0 Å². The van der Waals surface area contributed by atoms with Crippen molar-refractivity contribution in [2.45, 2.75) is 57.7 Å². The number of carbonyl (C=O) groups is 2. The van der Waals surface area contributed by atoms with Gasteiger partial charge in [-0.1, -0.05) is 25.1 Å². The Labute approximate surface area is 172 Å². The van der Waals surface area contributed by atoms with E-state index in [9.17, 15) is 9.59 Å². The van der Waals surface area contributed by atoms with Crippen LogP contribution in [0.2, 0.25) is 0 Å². The summed E-state index contributed by atoms with van der Waals surface area (Å²) < 4.78 is 5.68. The fraction of sp³-hybridized carbons (Fsp3) is 0.417. The first kappa shape index (κ1) is 19.5. The standard InChI is InChI=1S/C24H28N2O3/c1-2-14-29-22-5-3-4-19(15-22)24(28)26(21-12-13-21)16-17-6-8-18(9-7-17)23(27)25-20-10-11-20/h3-9,15,20-21H,2,10-14,16H2,1H3,(H,25,27). The van der Waals surface area contributed by atoms with Crippen molar-refractivity contribution in [1.82, 2.24) is 10.2 Å². The van der Waals surface area contributed by atoms with Crippen molar-refractivity contribution in [1.29, 1.82) is 0 Å². The van der Waals surface area contributed by atoms with Crippen LogP contribution >= 0.6 is 0 Å². The summed E-state index contributed by atoms with van der Waals surface area (Å²) in [5.41, 5.74) is 2.36. The van der Waals surface area contributed by atoms with Gasteiger partial charge in [0.05, 0.1) is 6.61 Å². The zero-order valence-electron chi connectivity index (χ0n) is 16.9. The molecule has 0 heterocycles. The molecule has 2 fully saturated rings. The molecule has 0 unspecified atom stereocenters. The fourth-order valence-electron chi connectivity index (χ4n) is 3.31. The molecule has 0 radical (unpaired) electrons. The smallest absolute Gasteiger partial charge is 0.254 e. The Balaban J connectivity index is 1.44. The molecule has 0 atom stereocenters. The second-order valence-electron chi connectivity index (χ2n) is 7.99. The first-order valence-electron chi connectivity index (χ1n) is 10.6. The van der Waals surface area contributed by atoms with Gasteiger partial charge in [0, 0.05) is 29.8 Å². The Morgan fingerprint density at radius 2 is 1.79 bits per heavy atom. The molecule has 2 aromatic rings. The molecule has 0 aromatic heterocycles. The lowest BCUT2D eigenvalue weighted by molar-refractivity contribution is 0.0729. The molecule has 29 heavy (non-hydrogen) atoms.